The Labute approximate surface area is 121 Å². The van der Waals surface area contributed by atoms with Gasteiger partial charge in [0, 0.05) is 37.6 Å². The molecule has 0 saturated carbocycles. The number of phenolic OH excluding ortho intramolecular Hbond substituents is 2. The molecule has 0 radical (unpaired) electrons. The lowest BCUT2D eigenvalue weighted by molar-refractivity contribution is 0.0781. The van der Waals surface area contributed by atoms with Crippen molar-refractivity contribution in [2.24, 2.45) is 7.05 Å². The molecule has 2 aromatic rings. The van der Waals surface area contributed by atoms with Crippen LogP contribution in [0.5, 0.6) is 11.5 Å². The fourth-order valence-electron chi connectivity index (χ4n) is 1.98. The van der Waals surface area contributed by atoms with E-state index in [1.165, 1.54) is 23.1 Å². The zero-order valence-electron chi connectivity index (χ0n) is 11.2. The topological polar surface area (TPSA) is 65.7 Å². The van der Waals surface area contributed by atoms with Crippen molar-refractivity contribution in [3.63, 3.8) is 0 Å². The highest BCUT2D eigenvalue weighted by molar-refractivity contribution is 6.30. The molecule has 6 heteroatoms. The molecule has 0 fully saturated rings. The van der Waals surface area contributed by atoms with Crippen LogP contribution in [0.25, 0.3) is 0 Å². The maximum Gasteiger partial charge on any atom is 0.254 e. The normalized spacial score (nSPS) is 10.6. The van der Waals surface area contributed by atoms with Crippen LogP contribution in [0.4, 0.5) is 0 Å². The van der Waals surface area contributed by atoms with E-state index in [0.29, 0.717) is 11.6 Å². The first-order valence-corrected chi connectivity index (χ1v) is 6.34. The average molecular weight is 295 g/mol. The highest BCUT2D eigenvalue weighted by Gasteiger charge is 2.15. The Hall–Kier alpha value is -2.14. The van der Waals surface area contributed by atoms with E-state index < -0.39 is 0 Å². The Balaban J connectivity index is 2.18. The third-order valence-corrected chi connectivity index (χ3v) is 3.18. The highest BCUT2D eigenvalue weighted by atomic mass is 35.5. The quantitative estimate of drug-likeness (QED) is 0.913. The second-order valence-corrected chi connectivity index (χ2v) is 5.10. The number of carbonyl (C=O) groups is 1. The van der Waals surface area contributed by atoms with Crippen LogP contribution in [0.1, 0.15) is 16.1 Å². The van der Waals surface area contributed by atoms with Gasteiger partial charge in [0.1, 0.15) is 11.5 Å². The van der Waals surface area contributed by atoms with E-state index in [9.17, 15) is 15.0 Å². The van der Waals surface area contributed by atoms with E-state index >= 15 is 0 Å². The first kappa shape index (κ1) is 14.3. The summed E-state index contributed by atoms with van der Waals surface area (Å²) < 4.78 is 1.84. The number of nitrogens with zero attached hydrogens (tertiary/aromatic N) is 2. The van der Waals surface area contributed by atoms with Gasteiger partial charge in [-0.2, -0.15) is 0 Å². The first-order valence-electron chi connectivity index (χ1n) is 5.96. The SMILES string of the molecule is CN(Cc1cc(Cl)cn1C)C(=O)c1cc(O)cc(O)c1. The Morgan fingerprint density at radius 1 is 1.25 bits per heavy atom. The lowest BCUT2D eigenvalue weighted by atomic mass is 10.1. The molecule has 2 N–H and O–H groups in total. The van der Waals surface area contributed by atoms with Crippen LogP contribution >= 0.6 is 11.6 Å². The van der Waals surface area contributed by atoms with Gasteiger partial charge >= 0.3 is 0 Å². The van der Waals surface area contributed by atoms with Crippen molar-refractivity contribution >= 4 is 17.5 Å². The summed E-state index contributed by atoms with van der Waals surface area (Å²) in [4.78, 5) is 13.7. The molecule has 5 nitrogen and oxygen atoms in total. The van der Waals surface area contributed by atoms with Crippen LogP contribution in [0.15, 0.2) is 30.5 Å². The summed E-state index contributed by atoms with van der Waals surface area (Å²) in [5.41, 5.74) is 1.11. The molecule has 0 spiro atoms. The monoisotopic (exact) mass is 294 g/mol. The first-order chi connectivity index (χ1) is 9.36. The van der Waals surface area contributed by atoms with Crippen LogP contribution in [-0.2, 0) is 13.6 Å². The summed E-state index contributed by atoms with van der Waals surface area (Å²) in [5, 5.41) is 19.4. The van der Waals surface area contributed by atoms with Gasteiger partial charge in [-0.25, -0.2) is 0 Å². The third-order valence-electron chi connectivity index (χ3n) is 2.97. The van der Waals surface area contributed by atoms with Gasteiger partial charge in [0.05, 0.1) is 11.6 Å². The van der Waals surface area contributed by atoms with Crippen molar-refractivity contribution in [2.45, 2.75) is 6.54 Å². The summed E-state index contributed by atoms with van der Waals surface area (Å²) >= 11 is 5.90. The minimum Gasteiger partial charge on any atom is -0.508 e. The van der Waals surface area contributed by atoms with Gasteiger partial charge in [0.2, 0.25) is 0 Å². The van der Waals surface area contributed by atoms with E-state index in [1.54, 1.807) is 19.3 Å². The number of amides is 1. The molecule has 0 saturated heterocycles. The molecule has 2 rings (SSSR count). The highest BCUT2D eigenvalue weighted by Crippen LogP contribution is 2.22. The zero-order valence-corrected chi connectivity index (χ0v) is 11.9. The molecule has 1 aromatic heterocycles. The Morgan fingerprint density at radius 2 is 1.85 bits per heavy atom. The Kier molecular flexibility index (Phi) is 3.90. The minimum atomic E-state index is -0.298. The molecule has 20 heavy (non-hydrogen) atoms. The number of aryl methyl sites for hydroxylation is 1. The molecule has 0 atom stereocenters. The fraction of sp³-hybridized carbons (Fsp3) is 0.214. The number of phenols is 2. The summed E-state index contributed by atoms with van der Waals surface area (Å²) in [6.45, 7) is 0.373. The molecule has 106 valence electrons. The van der Waals surface area contributed by atoms with E-state index in [2.05, 4.69) is 0 Å². The molecular weight excluding hydrogens is 280 g/mol. The van der Waals surface area contributed by atoms with Crippen molar-refractivity contribution in [2.75, 3.05) is 7.05 Å². The molecule has 0 bridgehead atoms. The zero-order chi connectivity index (χ0) is 14.9. The fourth-order valence-corrected chi connectivity index (χ4v) is 2.25. The largest absolute Gasteiger partial charge is 0.508 e. The van der Waals surface area contributed by atoms with E-state index in [0.717, 1.165) is 5.69 Å². The molecule has 0 aliphatic heterocycles. The van der Waals surface area contributed by atoms with Crippen LogP contribution in [0, 0.1) is 0 Å². The lowest BCUT2D eigenvalue weighted by Gasteiger charge is -2.18. The molecular formula is C14H15ClN2O3. The van der Waals surface area contributed by atoms with E-state index in [4.69, 9.17) is 11.6 Å². The maximum atomic E-state index is 12.2. The van der Waals surface area contributed by atoms with E-state index in [-0.39, 0.29) is 23.0 Å². The van der Waals surface area contributed by atoms with Crippen molar-refractivity contribution in [1.82, 2.24) is 9.47 Å². The van der Waals surface area contributed by atoms with Crippen molar-refractivity contribution in [3.05, 3.63) is 46.7 Å². The van der Waals surface area contributed by atoms with Gasteiger partial charge in [-0.1, -0.05) is 11.6 Å². The number of hydrogen-bond donors (Lipinski definition) is 2. The van der Waals surface area contributed by atoms with Gasteiger partial charge in [-0.3, -0.25) is 4.79 Å². The Bertz CT molecular complexity index is 632. The number of carbonyl (C=O) groups excluding carboxylic acids is 1. The molecule has 1 amide bonds. The number of aromatic nitrogens is 1. The van der Waals surface area contributed by atoms with Crippen LogP contribution in [0.2, 0.25) is 5.02 Å². The predicted molar refractivity (Wildman–Crippen MR) is 76.0 cm³/mol. The van der Waals surface area contributed by atoms with Crippen molar-refractivity contribution < 1.29 is 15.0 Å². The van der Waals surface area contributed by atoms with Crippen LogP contribution in [-0.4, -0.2) is 32.6 Å². The van der Waals surface area contributed by atoms with Crippen molar-refractivity contribution in [3.8, 4) is 11.5 Å². The Morgan fingerprint density at radius 3 is 2.35 bits per heavy atom. The summed E-state index contributed by atoms with van der Waals surface area (Å²) in [6, 6.07) is 5.59. The second-order valence-electron chi connectivity index (χ2n) is 4.66. The molecule has 1 heterocycles. The number of benzene rings is 1. The second kappa shape index (κ2) is 5.46. The number of halogens is 1. The molecule has 0 aliphatic carbocycles. The van der Waals surface area contributed by atoms with Gasteiger partial charge in [0.15, 0.2) is 0 Å². The van der Waals surface area contributed by atoms with Crippen LogP contribution < -0.4 is 0 Å². The number of rotatable bonds is 3. The molecule has 0 unspecified atom stereocenters. The van der Waals surface area contributed by atoms with Gasteiger partial charge in [-0.05, 0) is 18.2 Å². The molecule has 1 aromatic carbocycles. The van der Waals surface area contributed by atoms with E-state index in [1.807, 2.05) is 11.6 Å². The maximum absolute atomic E-state index is 12.2. The summed E-state index contributed by atoms with van der Waals surface area (Å²) in [5.74, 6) is -0.596. The third kappa shape index (κ3) is 3.05. The van der Waals surface area contributed by atoms with Gasteiger partial charge in [-0.15, -0.1) is 0 Å². The average Bonchev–Trinajstić information content (AvgIpc) is 2.65. The standard InChI is InChI=1S/C14H15ClN2O3/c1-16-7-10(15)5-11(16)8-17(2)14(20)9-3-12(18)6-13(19)4-9/h3-7,18-19H,8H2,1-2H3. The summed E-state index contributed by atoms with van der Waals surface area (Å²) in [7, 11) is 3.49. The molecule has 0 aliphatic rings. The smallest absolute Gasteiger partial charge is 0.254 e. The summed E-state index contributed by atoms with van der Waals surface area (Å²) in [6.07, 6.45) is 1.76. The number of aromatic hydroxyl groups is 2. The van der Waals surface area contributed by atoms with Gasteiger partial charge in [0.25, 0.3) is 5.91 Å². The number of hydrogen-bond acceptors (Lipinski definition) is 3. The van der Waals surface area contributed by atoms with Crippen molar-refractivity contribution in [1.29, 1.82) is 0 Å². The minimum absolute atomic E-state index is 0.149. The van der Waals surface area contributed by atoms with Crippen LogP contribution in [0.3, 0.4) is 0 Å². The predicted octanol–water partition coefficient (Wildman–Crippen LogP) is 2.36. The van der Waals surface area contributed by atoms with Gasteiger partial charge < -0.3 is 19.7 Å². The lowest BCUT2D eigenvalue weighted by Crippen LogP contribution is -2.27.